The third-order valence-corrected chi connectivity index (χ3v) is 4.34. The van der Waals surface area contributed by atoms with Crippen molar-refractivity contribution >= 4 is 10.0 Å². The van der Waals surface area contributed by atoms with E-state index in [4.69, 9.17) is 9.57 Å². The quantitative estimate of drug-likeness (QED) is 0.613. The minimum Gasteiger partial charge on any atom is -0.379 e. The average Bonchev–Trinajstić information content (AvgIpc) is 2.45. The van der Waals surface area contributed by atoms with E-state index in [2.05, 4.69) is 9.79 Å². The van der Waals surface area contributed by atoms with Crippen LogP contribution in [0, 0.1) is 6.92 Å². The van der Waals surface area contributed by atoms with E-state index in [9.17, 15) is 8.42 Å². The smallest absolute Gasteiger partial charge is 0.262 e. The van der Waals surface area contributed by atoms with Gasteiger partial charge in [-0.25, -0.2) is 8.42 Å². The molecular weight excluding hydrogens is 280 g/mol. The second kappa shape index (κ2) is 7.14. The van der Waals surface area contributed by atoms with Gasteiger partial charge in [0, 0.05) is 19.6 Å². The normalized spacial score (nSPS) is 17.2. The van der Waals surface area contributed by atoms with E-state index in [1.165, 1.54) is 0 Å². The second-order valence-electron chi connectivity index (χ2n) is 4.70. The highest BCUT2D eigenvalue weighted by molar-refractivity contribution is 7.89. The average molecular weight is 300 g/mol. The molecule has 0 unspecified atom stereocenters. The lowest BCUT2D eigenvalue weighted by Gasteiger charge is -2.26. The Kier molecular flexibility index (Phi) is 5.50. The molecule has 6 nitrogen and oxygen atoms in total. The molecule has 0 amide bonds. The van der Waals surface area contributed by atoms with E-state index in [1.807, 2.05) is 6.92 Å². The Balaban J connectivity index is 1.76. The lowest BCUT2D eigenvalue weighted by atomic mass is 10.2. The summed E-state index contributed by atoms with van der Waals surface area (Å²) in [5.74, 6) is 0. The maximum atomic E-state index is 11.9. The van der Waals surface area contributed by atoms with Gasteiger partial charge < -0.3 is 4.74 Å². The highest BCUT2D eigenvalue weighted by Gasteiger charge is 2.14. The van der Waals surface area contributed by atoms with Gasteiger partial charge in [0.15, 0.2) is 0 Å². The maximum Gasteiger partial charge on any atom is 0.262 e. The molecule has 0 bridgehead atoms. The number of rotatable bonds is 6. The van der Waals surface area contributed by atoms with E-state index in [1.54, 1.807) is 24.3 Å². The number of nitrogens with zero attached hydrogens (tertiary/aromatic N) is 1. The van der Waals surface area contributed by atoms with Crippen LogP contribution in [-0.2, 0) is 19.6 Å². The fourth-order valence-corrected chi connectivity index (χ4v) is 2.71. The summed E-state index contributed by atoms with van der Waals surface area (Å²) in [6, 6.07) is 6.62. The second-order valence-corrected chi connectivity index (χ2v) is 6.35. The number of hydrogen-bond acceptors (Lipinski definition) is 5. The van der Waals surface area contributed by atoms with Crippen LogP contribution in [0.5, 0.6) is 0 Å². The number of hydrogen-bond donors (Lipinski definition) is 1. The summed E-state index contributed by atoms with van der Waals surface area (Å²) in [6.07, 6.45) is 0. The van der Waals surface area contributed by atoms with Gasteiger partial charge in [-0.15, -0.1) is 0 Å². The SMILES string of the molecule is Cc1ccc(S(=O)(=O)NOCCN2CCOCC2)cc1. The molecule has 1 aliphatic heterocycles. The highest BCUT2D eigenvalue weighted by Crippen LogP contribution is 2.09. The lowest BCUT2D eigenvalue weighted by molar-refractivity contribution is 0.0125. The number of sulfonamides is 1. The monoisotopic (exact) mass is 300 g/mol. The van der Waals surface area contributed by atoms with Crippen molar-refractivity contribution in [2.45, 2.75) is 11.8 Å². The van der Waals surface area contributed by atoms with E-state index >= 15 is 0 Å². The summed E-state index contributed by atoms with van der Waals surface area (Å²) in [7, 11) is -3.60. The van der Waals surface area contributed by atoms with Crippen LogP contribution in [0.25, 0.3) is 0 Å². The van der Waals surface area contributed by atoms with Crippen molar-refractivity contribution in [2.24, 2.45) is 0 Å². The van der Waals surface area contributed by atoms with Gasteiger partial charge in [0.25, 0.3) is 10.0 Å². The predicted molar refractivity (Wildman–Crippen MR) is 74.7 cm³/mol. The van der Waals surface area contributed by atoms with E-state index in [0.29, 0.717) is 13.2 Å². The van der Waals surface area contributed by atoms with E-state index in [-0.39, 0.29) is 4.90 Å². The summed E-state index contributed by atoms with van der Waals surface area (Å²) in [4.78, 5) is 9.59. The Morgan fingerprint density at radius 3 is 2.55 bits per heavy atom. The number of benzene rings is 1. The van der Waals surface area contributed by atoms with Crippen molar-refractivity contribution in [3.8, 4) is 0 Å². The van der Waals surface area contributed by atoms with Gasteiger partial charge >= 0.3 is 0 Å². The first-order valence-corrected chi connectivity index (χ1v) is 8.06. The molecule has 1 N–H and O–H groups in total. The predicted octanol–water partition coefficient (Wildman–Crippen LogP) is 0.537. The molecule has 1 aromatic rings. The van der Waals surface area contributed by atoms with Crippen molar-refractivity contribution in [2.75, 3.05) is 39.5 Å². The van der Waals surface area contributed by atoms with Crippen LogP contribution in [0.1, 0.15) is 5.56 Å². The standard InChI is InChI=1S/C13H20N2O4S/c1-12-2-4-13(5-3-12)20(16,17)14-19-11-8-15-6-9-18-10-7-15/h2-5,14H,6-11H2,1H3. The first kappa shape index (κ1) is 15.4. The zero-order chi connectivity index (χ0) is 14.4. The van der Waals surface area contributed by atoms with Crippen LogP contribution in [0.2, 0.25) is 0 Å². The summed E-state index contributed by atoms with van der Waals surface area (Å²) in [5, 5.41) is 0. The number of nitrogens with one attached hydrogen (secondary N) is 1. The molecule has 1 aliphatic rings. The molecule has 1 heterocycles. The lowest BCUT2D eigenvalue weighted by Crippen LogP contribution is -2.39. The Morgan fingerprint density at radius 2 is 1.90 bits per heavy atom. The Labute approximate surface area is 119 Å². The van der Waals surface area contributed by atoms with Crippen LogP contribution in [0.3, 0.4) is 0 Å². The van der Waals surface area contributed by atoms with Gasteiger partial charge in [-0.3, -0.25) is 9.74 Å². The summed E-state index contributed by atoms with van der Waals surface area (Å²) >= 11 is 0. The Hall–Kier alpha value is -0.990. The summed E-state index contributed by atoms with van der Waals surface area (Å²) in [5.41, 5.74) is 1.01. The molecule has 1 saturated heterocycles. The molecule has 0 spiro atoms. The molecule has 0 aliphatic carbocycles. The molecular formula is C13H20N2O4S. The third kappa shape index (κ3) is 4.53. The van der Waals surface area contributed by atoms with Crippen molar-refractivity contribution in [1.82, 2.24) is 9.79 Å². The zero-order valence-corrected chi connectivity index (χ0v) is 12.4. The largest absolute Gasteiger partial charge is 0.379 e. The number of aryl methyl sites for hydroxylation is 1. The molecule has 7 heteroatoms. The minimum absolute atomic E-state index is 0.203. The Bertz CT molecular complexity index is 510. The van der Waals surface area contributed by atoms with Gasteiger partial charge in [0.2, 0.25) is 0 Å². The molecule has 0 radical (unpaired) electrons. The van der Waals surface area contributed by atoms with Gasteiger partial charge in [-0.1, -0.05) is 22.6 Å². The first-order valence-electron chi connectivity index (χ1n) is 6.58. The minimum atomic E-state index is -3.60. The van der Waals surface area contributed by atoms with Gasteiger partial charge in [0.05, 0.1) is 24.7 Å². The van der Waals surface area contributed by atoms with Gasteiger partial charge in [-0.05, 0) is 19.1 Å². The topological polar surface area (TPSA) is 67.9 Å². The Morgan fingerprint density at radius 1 is 1.25 bits per heavy atom. The number of ether oxygens (including phenoxy) is 1. The van der Waals surface area contributed by atoms with Crippen LogP contribution in [0.15, 0.2) is 29.2 Å². The van der Waals surface area contributed by atoms with E-state index in [0.717, 1.165) is 31.9 Å². The highest BCUT2D eigenvalue weighted by atomic mass is 32.2. The van der Waals surface area contributed by atoms with Crippen molar-refractivity contribution in [1.29, 1.82) is 0 Å². The van der Waals surface area contributed by atoms with Crippen molar-refractivity contribution in [3.05, 3.63) is 29.8 Å². The van der Waals surface area contributed by atoms with Crippen molar-refractivity contribution in [3.63, 3.8) is 0 Å². The maximum absolute atomic E-state index is 11.9. The molecule has 112 valence electrons. The molecule has 0 saturated carbocycles. The van der Waals surface area contributed by atoms with Crippen molar-refractivity contribution < 1.29 is 18.0 Å². The van der Waals surface area contributed by atoms with E-state index < -0.39 is 10.0 Å². The molecule has 2 rings (SSSR count). The van der Waals surface area contributed by atoms with Gasteiger partial charge in [-0.2, -0.15) is 0 Å². The van der Waals surface area contributed by atoms with Crippen LogP contribution >= 0.6 is 0 Å². The first-order chi connectivity index (χ1) is 9.58. The molecule has 1 fully saturated rings. The molecule has 20 heavy (non-hydrogen) atoms. The fourth-order valence-electron chi connectivity index (χ4n) is 1.88. The summed E-state index contributed by atoms with van der Waals surface area (Å²) < 4.78 is 29.1. The fraction of sp³-hybridized carbons (Fsp3) is 0.538. The molecule has 0 aromatic heterocycles. The van der Waals surface area contributed by atoms with Crippen LogP contribution in [-0.4, -0.2) is 52.8 Å². The number of morpholine rings is 1. The van der Waals surface area contributed by atoms with Crippen LogP contribution < -0.4 is 4.89 Å². The van der Waals surface area contributed by atoms with Gasteiger partial charge in [0.1, 0.15) is 0 Å². The summed E-state index contributed by atoms with van der Waals surface area (Å²) in [6.45, 7) is 6.04. The van der Waals surface area contributed by atoms with Crippen LogP contribution in [0.4, 0.5) is 0 Å². The molecule has 0 atom stereocenters. The zero-order valence-electron chi connectivity index (χ0n) is 11.5. The molecule has 1 aromatic carbocycles. The third-order valence-electron chi connectivity index (χ3n) is 3.11.